The molecule has 6 nitrogen and oxygen atoms in total. The quantitative estimate of drug-likeness (QED) is 0.892. The van der Waals surface area contributed by atoms with Crippen LogP contribution < -0.4 is 10.9 Å². The number of aromatic nitrogens is 2. The van der Waals surface area contributed by atoms with Crippen LogP contribution in [0.2, 0.25) is 5.02 Å². The Balaban J connectivity index is 1.83. The molecule has 2 aliphatic rings. The molecule has 0 aromatic carbocycles. The molecule has 1 unspecified atom stereocenters. The van der Waals surface area contributed by atoms with E-state index >= 15 is 0 Å². The smallest absolute Gasteiger partial charge is 0.291 e. The molecule has 1 aliphatic carbocycles. The Morgan fingerprint density at radius 1 is 1.40 bits per heavy atom. The summed E-state index contributed by atoms with van der Waals surface area (Å²) < 4.78 is 24.3. The second-order valence-electron chi connectivity index (χ2n) is 5.54. The monoisotopic (exact) mass is 317 g/mol. The van der Waals surface area contributed by atoms with Gasteiger partial charge >= 0.3 is 0 Å². The average Bonchev–Trinajstić information content (AvgIpc) is 3.12. The van der Waals surface area contributed by atoms with E-state index in [9.17, 15) is 13.2 Å². The van der Waals surface area contributed by atoms with Crippen molar-refractivity contribution in [3.63, 3.8) is 0 Å². The lowest BCUT2D eigenvalue weighted by molar-refractivity contribution is 0.534. The molecule has 0 bridgehead atoms. The van der Waals surface area contributed by atoms with E-state index in [0.717, 1.165) is 12.8 Å². The highest BCUT2D eigenvalue weighted by Gasteiger charge is 2.29. The van der Waals surface area contributed by atoms with E-state index in [1.165, 1.54) is 10.9 Å². The number of hydrogen-bond donors (Lipinski definition) is 1. The minimum absolute atomic E-state index is 0.0493. The first-order valence-corrected chi connectivity index (χ1v) is 8.87. The minimum atomic E-state index is -2.99. The summed E-state index contributed by atoms with van der Waals surface area (Å²) >= 11 is 6.02. The summed E-state index contributed by atoms with van der Waals surface area (Å²) in [5.41, 5.74) is -0.00175. The fourth-order valence-electron chi connectivity index (χ4n) is 2.39. The van der Waals surface area contributed by atoms with Crippen LogP contribution in [0, 0.1) is 5.92 Å². The van der Waals surface area contributed by atoms with E-state index in [-0.39, 0.29) is 33.8 Å². The van der Waals surface area contributed by atoms with Crippen molar-refractivity contribution in [2.45, 2.75) is 31.8 Å². The first-order valence-electron chi connectivity index (χ1n) is 6.67. The van der Waals surface area contributed by atoms with Gasteiger partial charge in [0.2, 0.25) is 0 Å². The Morgan fingerprint density at radius 2 is 2.15 bits per heavy atom. The van der Waals surface area contributed by atoms with Crippen molar-refractivity contribution < 1.29 is 8.42 Å². The SMILES string of the molecule is O=c1c(NC2CCS(=O)(=O)C2)c(Cl)cnn1CC1CC1. The number of rotatable bonds is 4. The molecule has 0 amide bonds. The van der Waals surface area contributed by atoms with Crippen molar-refractivity contribution in [3.8, 4) is 0 Å². The van der Waals surface area contributed by atoms with Gasteiger partial charge in [0.25, 0.3) is 5.56 Å². The molecule has 2 fully saturated rings. The molecule has 1 N–H and O–H groups in total. The molecule has 20 heavy (non-hydrogen) atoms. The van der Waals surface area contributed by atoms with Gasteiger partial charge in [-0.3, -0.25) is 4.79 Å². The van der Waals surface area contributed by atoms with Gasteiger partial charge in [0.05, 0.1) is 22.7 Å². The zero-order chi connectivity index (χ0) is 14.3. The maximum Gasteiger partial charge on any atom is 0.291 e. The summed E-state index contributed by atoms with van der Waals surface area (Å²) in [6.07, 6.45) is 4.20. The van der Waals surface area contributed by atoms with Crippen LogP contribution in [0.3, 0.4) is 0 Å². The standard InChI is InChI=1S/C12H16ClN3O3S/c13-10-5-14-16(6-8-1-2-8)12(17)11(10)15-9-3-4-20(18,19)7-9/h5,8-9,15H,1-4,6-7H2. The van der Waals surface area contributed by atoms with E-state index in [4.69, 9.17) is 11.6 Å². The van der Waals surface area contributed by atoms with Crippen molar-refractivity contribution >= 4 is 27.1 Å². The van der Waals surface area contributed by atoms with Crippen LogP contribution in [0.5, 0.6) is 0 Å². The molecule has 1 saturated heterocycles. The second kappa shape index (κ2) is 5.04. The van der Waals surface area contributed by atoms with Gasteiger partial charge in [0, 0.05) is 12.6 Å². The van der Waals surface area contributed by atoms with E-state index < -0.39 is 9.84 Å². The molecular formula is C12H16ClN3O3S. The summed E-state index contributed by atoms with van der Waals surface area (Å²) in [4.78, 5) is 12.3. The van der Waals surface area contributed by atoms with E-state index in [1.54, 1.807) is 0 Å². The fraction of sp³-hybridized carbons (Fsp3) is 0.667. The van der Waals surface area contributed by atoms with Gasteiger partial charge < -0.3 is 5.32 Å². The summed E-state index contributed by atoms with van der Waals surface area (Å²) in [6, 6.07) is -0.248. The van der Waals surface area contributed by atoms with E-state index in [2.05, 4.69) is 10.4 Å². The second-order valence-corrected chi connectivity index (χ2v) is 8.18. The normalized spacial score (nSPS) is 24.8. The Kier molecular flexibility index (Phi) is 3.50. The van der Waals surface area contributed by atoms with Crippen molar-refractivity contribution in [1.29, 1.82) is 0 Å². The molecule has 1 atom stereocenters. The van der Waals surface area contributed by atoms with Crippen molar-refractivity contribution in [1.82, 2.24) is 9.78 Å². The Labute approximate surface area is 122 Å². The highest BCUT2D eigenvalue weighted by molar-refractivity contribution is 7.91. The molecule has 1 aliphatic heterocycles. The van der Waals surface area contributed by atoms with Gasteiger partial charge in [-0.25, -0.2) is 13.1 Å². The van der Waals surface area contributed by atoms with Crippen LogP contribution in [0.25, 0.3) is 0 Å². The maximum atomic E-state index is 12.3. The Morgan fingerprint density at radius 3 is 2.75 bits per heavy atom. The Bertz CT molecular complexity index is 682. The lowest BCUT2D eigenvalue weighted by Gasteiger charge is -2.14. The van der Waals surface area contributed by atoms with Gasteiger partial charge in [-0.2, -0.15) is 5.10 Å². The van der Waals surface area contributed by atoms with E-state index in [1.807, 2.05) is 0 Å². The molecular weight excluding hydrogens is 302 g/mol. The lowest BCUT2D eigenvalue weighted by Crippen LogP contribution is -2.31. The minimum Gasteiger partial charge on any atom is -0.375 e. The predicted molar refractivity (Wildman–Crippen MR) is 76.9 cm³/mol. The van der Waals surface area contributed by atoms with Crippen molar-refractivity contribution in [3.05, 3.63) is 21.6 Å². The van der Waals surface area contributed by atoms with Crippen LogP contribution in [0.4, 0.5) is 5.69 Å². The van der Waals surface area contributed by atoms with Crippen LogP contribution in [-0.2, 0) is 16.4 Å². The number of sulfone groups is 1. The topological polar surface area (TPSA) is 81.1 Å². The highest BCUT2D eigenvalue weighted by Crippen LogP contribution is 2.30. The summed E-state index contributed by atoms with van der Waals surface area (Å²) in [7, 11) is -2.99. The van der Waals surface area contributed by atoms with Gasteiger partial charge in [0.15, 0.2) is 9.84 Å². The van der Waals surface area contributed by atoms with Gasteiger partial charge in [0.1, 0.15) is 5.69 Å². The van der Waals surface area contributed by atoms with Gasteiger partial charge in [-0.05, 0) is 25.2 Å². The largest absolute Gasteiger partial charge is 0.375 e. The maximum absolute atomic E-state index is 12.3. The first kappa shape index (κ1) is 13.9. The predicted octanol–water partition coefficient (Wildman–Crippen LogP) is 0.906. The van der Waals surface area contributed by atoms with Crippen LogP contribution in [0.15, 0.2) is 11.0 Å². The molecule has 2 heterocycles. The van der Waals surface area contributed by atoms with Gasteiger partial charge in [-0.15, -0.1) is 0 Å². The molecule has 1 aromatic heterocycles. The first-order chi connectivity index (χ1) is 9.44. The molecule has 3 rings (SSSR count). The third-order valence-corrected chi connectivity index (χ3v) is 5.76. The number of anilines is 1. The fourth-order valence-corrected chi connectivity index (χ4v) is 4.24. The number of halogens is 1. The molecule has 0 radical (unpaired) electrons. The van der Waals surface area contributed by atoms with Crippen molar-refractivity contribution in [2.24, 2.45) is 5.92 Å². The third kappa shape index (κ3) is 2.98. The summed E-state index contributed by atoms with van der Waals surface area (Å²) in [5.74, 6) is 0.734. The third-order valence-electron chi connectivity index (χ3n) is 3.71. The molecule has 8 heteroatoms. The highest BCUT2D eigenvalue weighted by atomic mass is 35.5. The zero-order valence-corrected chi connectivity index (χ0v) is 12.5. The average molecular weight is 318 g/mol. The molecule has 110 valence electrons. The summed E-state index contributed by atoms with van der Waals surface area (Å²) in [6.45, 7) is 0.605. The Hall–Kier alpha value is -1.08. The van der Waals surface area contributed by atoms with Crippen LogP contribution in [-0.4, -0.2) is 35.7 Å². The zero-order valence-electron chi connectivity index (χ0n) is 10.9. The number of nitrogens with one attached hydrogen (secondary N) is 1. The summed E-state index contributed by atoms with van der Waals surface area (Å²) in [5, 5.41) is 7.26. The molecule has 0 spiro atoms. The number of hydrogen-bond acceptors (Lipinski definition) is 5. The molecule has 1 saturated carbocycles. The van der Waals surface area contributed by atoms with Crippen LogP contribution in [0.1, 0.15) is 19.3 Å². The van der Waals surface area contributed by atoms with E-state index in [0.29, 0.717) is 18.9 Å². The lowest BCUT2D eigenvalue weighted by atomic mass is 10.2. The van der Waals surface area contributed by atoms with Crippen molar-refractivity contribution in [2.75, 3.05) is 16.8 Å². The van der Waals surface area contributed by atoms with Crippen LogP contribution >= 0.6 is 11.6 Å². The number of nitrogens with zero attached hydrogens (tertiary/aromatic N) is 2. The molecule has 1 aromatic rings. The van der Waals surface area contributed by atoms with Gasteiger partial charge in [-0.1, -0.05) is 11.6 Å².